The number of allylic oxidation sites excluding steroid dienone is 1. The van der Waals surface area contributed by atoms with Crippen molar-refractivity contribution in [3.05, 3.63) is 12.2 Å². The van der Waals surface area contributed by atoms with Gasteiger partial charge in [0.1, 0.15) is 97.6 Å². The molecule has 4 aliphatic heterocycles. The second-order valence-electron chi connectivity index (χ2n) is 25.7. The highest BCUT2D eigenvalue weighted by Crippen LogP contribution is 2.36. The number of ether oxygens (including phenoxy) is 8. The molecule has 25 heteroatoms. The van der Waals surface area contributed by atoms with Crippen molar-refractivity contribution in [1.82, 2.24) is 10.6 Å². The largest absolute Gasteiger partial charge is 0.394 e. The molecule has 4 heterocycles. The van der Waals surface area contributed by atoms with Crippen LogP contribution in [0.3, 0.4) is 0 Å². The fraction of sp³-hybridized carbons (Fsp3) is 0.939. The van der Waals surface area contributed by atoms with Gasteiger partial charge in [-0.15, -0.1) is 0 Å². The first-order chi connectivity index (χ1) is 44.0. The van der Waals surface area contributed by atoms with Crippen molar-refractivity contribution in [3.63, 3.8) is 0 Å². The fourth-order valence-corrected chi connectivity index (χ4v) is 12.4. The molecule has 0 aromatic rings. The Morgan fingerprint density at radius 3 is 1.30 bits per heavy atom. The van der Waals surface area contributed by atoms with Gasteiger partial charge in [-0.2, -0.15) is 0 Å². The van der Waals surface area contributed by atoms with Gasteiger partial charge in [-0.3, -0.25) is 9.59 Å². The van der Waals surface area contributed by atoms with E-state index in [4.69, 9.17) is 37.9 Å². The minimum atomic E-state index is -2.17. The smallest absolute Gasteiger partial charge is 0.220 e. The monoisotopic (exact) mass is 1310 g/mol. The number of aliphatic hydroxyl groups is 13. The van der Waals surface area contributed by atoms with E-state index in [0.717, 1.165) is 51.9 Å². The van der Waals surface area contributed by atoms with Crippen LogP contribution in [0.25, 0.3) is 0 Å². The predicted molar refractivity (Wildman–Crippen MR) is 335 cm³/mol. The molecule has 0 aromatic carbocycles. The molecule has 4 fully saturated rings. The third-order valence-corrected chi connectivity index (χ3v) is 18.1. The first kappa shape index (κ1) is 81.3. The Morgan fingerprint density at radius 2 is 0.813 bits per heavy atom. The molecule has 0 bridgehead atoms. The maximum Gasteiger partial charge on any atom is 0.220 e. The molecular weight excluding hydrogens is 1190 g/mol. The Balaban J connectivity index is 1.39. The number of carbonyl (C=O) groups excluding carboxylic acids is 2. The van der Waals surface area contributed by atoms with Crippen molar-refractivity contribution >= 4 is 11.8 Å². The van der Waals surface area contributed by atoms with E-state index in [0.29, 0.717) is 12.8 Å². The molecule has 25 nitrogen and oxygen atoms in total. The molecule has 15 N–H and O–H groups in total. The molecule has 4 rings (SSSR count). The number of carbonyl (C=O) groups is 2. The van der Waals surface area contributed by atoms with Crippen LogP contribution in [-0.2, 0) is 47.5 Å². The van der Waals surface area contributed by atoms with Crippen LogP contribution in [-0.4, -0.2) is 246 Å². The van der Waals surface area contributed by atoms with E-state index in [-0.39, 0.29) is 12.3 Å². The summed E-state index contributed by atoms with van der Waals surface area (Å²) < 4.78 is 47.5. The molecule has 4 saturated heterocycles. The van der Waals surface area contributed by atoms with Crippen molar-refractivity contribution in [2.45, 2.75) is 361 Å². The molecule has 534 valence electrons. The molecule has 91 heavy (non-hydrogen) atoms. The van der Waals surface area contributed by atoms with Gasteiger partial charge in [-0.1, -0.05) is 206 Å². The Labute approximate surface area is 540 Å². The Hall–Kier alpha value is -2.16. The number of amides is 2. The van der Waals surface area contributed by atoms with Crippen molar-refractivity contribution in [2.75, 3.05) is 33.0 Å². The lowest BCUT2D eigenvalue weighted by Crippen LogP contribution is -2.69. The summed E-state index contributed by atoms with van der Waals surface area (Å²) in [7, 11) is 0. The minimum Gasteiger partial charge on any atom is -0.394 e. The average Bonchev–Trinajstić information content (AvgIpc) is 0.854. The Morgan fingerprint density at radius 1 is 0.429 bits per heavy atom. The van der Waals surface area contributed by atoms with E-state index < -0.39 is 174 Å². The van der Waals surface area contributed by atoms with E-state index >= 15 is 0 Å². The lowest BCUT2D eigenvalue weighted by Gasteiger charge is -2.50. The van der Waals surface area contributed by atoms with Gasteiger partial charge in [0.15, 0.2) is 25.2 Å². The zero-order valence-electron chi connectivity index (χ0n) is 54.9. The Bertz CT molecular complexity index is 1900. The van der Waals surface area contributed by atoms with Crippen molar-refractivity contribution in [2.24, 2.45) is 0 Å². The summed E-state index contributed by atoms with van der Waals surface area (Å²) in [6, 6.07) is -2.61. The molecule has 22 atom stereocenters. The first-order valence-electron chi connectivity index (χ1n) is 34.9. The first-order valence-corrected chi connectivity index (χ1v) is 34.9. The van der Waals surface area contributed by atoms with Gasteiger partial charge < -0.3 is 115 Å². The highest BCUT2D eigenvalue weighted by atomic mass is 16.8. The summed E-state index contributed by atoms with van der Waals surface area (Å²) in [5.74, 6) is -1.04. The summed E-state index contributed by atoms with van der Waals surface area (Å²) in [6.45, 7) is 1.50. The number of unbranched alkanes of at least 4 members (excludes halogenated alkanes) is 29. The second kappa shape index (κ2) is 46.9. The standard InChI is InChI=1S/C66H122N2O23/c1-4-6-8-10-12-14-16-18-19-20-21-22-23-25-27-29-31-33-35-37-50(75)68-44(45(74)36-34-32-30-28-26-24-17-15-13-11-9-7-5-2)42-84-64-58(82)56(80)60(48(40-71)87-64)89-66-59(83)62(91-65-57(81)55(79)53(77)47(39-70)86-65)61(49(41-72)88-66)90-63-51(67-43(3)73)54(78)52(76)46(38-69)85-63/h34,36,44-49,51-66,69-72,74,76-83H,4-33,35,37-42H2,1-3H3,(H,67,73)(H,68,75)/b36-34+/t44-,45+,46?,47?,48?,49?,51?,52-,53-,54+,55-,56+,57?,58?,59?,60+,61-,62+,63-,64+,65+,66-/m0/s1. The minimum absolute atomic E-state index is 0.203. The lowest BCUT2D eigenvalue weighted by atomic mass is 9.94. The van der Waals surface area contributed by atoms with E-state index in [1.807, 2.05) is 6.08 Å². The maximum atomic E-state index is 13.5. The zero-order chi connectivity index (χ0) is 66.5. The summed E-state index contributed by atoms with van der Waals surface area (Å²) in [4.78, 5) is 25.8. The molecule has 0 saturated carbocycles. The van der Waals surface area contributed by atoms with Crippen LogP contribution in [0.2, 0.25) is 0 Å². The summed E-state index contributed by atoms with van der Waals surface area (Å²) in [6.07, 6.45) is 4.57. The molecule has 0 aromatic heterocycles. The topological polar surface area (TPSA) is 395 Å². The van der Waals surface area contributed by atoms with Crippen LogP contribution in [0, 0.1) is 0 Å². The molecule has 4 aliphatic rings. The maximum absolute atomic E-state index is 13.5. The van der Waals surface area contributed by atoms with Crippen LogP contribution in [0.4, 0.5) is 0 Å². The average molecular weight is 1310 g/mol. The van der Waals surface area contributed by atoms with Crippen LogP contribution in [0.1, 0.15) is 226 Å². The van der Waals surface area contributed by atoms with Crippen molar-refractivity contribution in [3.8, 4) is 0 Å². The number of hydrogen-bond donors (Lipinski definition) is 15. The third kappa shape index (κ3) is 28.4. The van der Waals surface area contributed by atoms with Crippen LogP contribution in [0.15, 0.2) is 12.2 Å². The summed E-state index contributed by atoms with van der Waals surface area (Å²) >= 11 is 0. The van der Waals surface area contributed by atoms with Gasteiger partial charge >= 0.3 is 0 Å². The normalized spacial score (nSPS) is 32.9. The quantitative estimate of drug-likeness (QED) is 0.0307. The number of hydrogen-bond acceptors (Lipinski definition) is 23. The lowest BCUT2D eigenvalue weighted by molar-refractivity contribution is -0.395. The highest BCUT2D eigenvalue weighted by molar-refractivity contribution is 5.76. The van der Waals surface area contributed by atoms with E-state index in [9.17, 15) is 76.0 Å². The van der Waals surface area contributed by atoms with Gasteiger partial charge in [0, 0.05) is 13.3 Å². The van der Waals surface area contributed by atoms with Crippen molar-refractivity contribution < 1.29 is 114 Å². The number of aliphatic hydroxyl groups excluding tert-OH is 13. The predicted octanol–water partition coefficient (Wildman–Crippen LogP) is 3.34. The highest BCUT2D eigenvalue weighted by Gasteiger charge is 2.57. The van der Waals surface area contributed by atoms with Crippen LogP contribution >= 0.6 is 0 Å². The molecule has 0 aliphatic carbocycles. The fourth-order valence-electron chi connectivity index (χ4n) is 12.4. The third-order valence-electron chi connectivity index (χ3n) is 18.1. The number of nitrogens with one attached hydrogen (secondary N) is 2. The molecular formula is C66H122N2O23. The van der Waals surface area contributed by atoms with Gasteiger partial charge in [-0.05, 0) is 19.3 Å². The van der Waals surface area contributed by atoms with Gasteiger partial charge in [0.05, 0.1) is 45.2 Å². The van der Waals surface area contributed by atoms with E-state index in [1.165, 1.54) is 141 Å². The Kier molecular flexibility index (Phi) is 41.9. The second-order valence-corrected chi connectivity index (χ2v) is 25.7. The van der Waals surface area contributed by atoms with Gasteiger partial charge in [-0.25, -0.2) is 0 Å². The molecule has 0 radical (unpaired) electrons. The molecule has 8 unspecified atom stereocenters. The van der Waals surface area contributed by atoms with Crippen LogP contribution < -0.4 is 10.6 Å². The SMILES string of the molecule is CCCCCCCCCCCCC/C=C/[C@@H](O)[C@H](CO[C@@H]1OC(CO)[C@@H](O[C@@H]2OC(CO)[C@H](O[C@@H]3OC(CO)[C@H](O)[C@H](O)C3NC(C)=O)[C@H](O[C@H]3OC(CO)[C@H](O)[C@H](O)C3O)C2O)[C@H](O)C1O)NC(=O)CCCCCCCCCCCCCCCCCCCCC. The van der Waals surface area contributed by atoms with Gasteiger partial charge in [0.2, 0.25) is 11.8 Å². The van der Waals surface area contributed by atoms with Crippen molar-refractivity contribution in [1.29, 1.82) is 0 Å². The van der Waals surface area contributed by atoms with E-state index in [1.54, 1.807) is 6.08 Å². The molecule has 0 spiro atoms. The summed E-state index contributed by atoms with van der Waals surface area (Å²) in [5, 5.41) is 148. The van der Waals surface area contributed by atoms with Crippen LogP contribution in [0.5, 0.6) is 0 Å². The number of rotatable bonds is 49. The van der Waals surface area contributed by atoms with E-state index in [2.05, 4.69) is 24.5 Å². The van der Waals surface area contributed by atoms with Gasteiger partial charge in [0.25, 0.3) is 0 Å². The zero-order valence-corrected chi connectivity index (χ0v) is 54.9. The summed E-state index contributed by atoms with van der Waals surface area (Å²) in [5.41, 5.74) is 0. The molecule has 2 amide bonds.